The Morgan fingerprint density at radius 3 is 2.11 bits per heavy atom. The highest BCUT2D eigenvalue weighted by molar-refractivity contribution is 7.91. The van der Waals surface area contributed by atoms with Gasteiger partial charge in [0.05, 0.1) is 6.26 Å². The Morgan fingerprint density at radius 2 is 1.74 bits per heavy atom. The first kappa shape index (κ1) is 18.8. The van der Waals surface area contributed by atoms with Crippen molar-refractivity contribution in [2.45, 2.75) is 66.8 Å². The minimum absolute atomic E-state index is 0.0305. The third-order valence-corrected chi connectivity index (χ3v) is 3.80. The van der Waals surface area contributed by atoms with Gasteiger partial charge in [-0.3, -0.25) is 4.79 Å². The number of carbonyl (C=O) groups is 1. The maximum atomic E-state index is 11.8. The van der Waals surface area contributed by atoms with E-state index in [1.54, 1.807) is 6.26 Å². The third kappa shape index (κ3) is 10.3. The number of nitrogens with one attached hydrogen (secondary N) is 1. The fourth-order valence-electron chi connectivity index (χ4n) is 1.98. The van der Waals surface area contributed by atoms with Crippen molar-refractivity contribution in [3.63, 3.8) is 0 Å². The molecule has 3 nitrogen and oxygen atoms in total. The van der Waals surface area contributed by atoms with Gasteiger partial charge in [0.1, 0.15) is 0 Å². The van der Waals surface area contributed by atoms with Crippen LogP contribution in [0.15, 0.2) is 0 Å². The minimum atomic E-state index is -1.07. The van der Waals surface area contributed by atoms with Crippen LogP contribution < -0.4 is 5.32 Å². The fourth-order valence-corrected chi connectivity index (χ4v) is 2.43. The Balaban J connectivity index is 4.37. The molecular weight excluding hydrogens is 258 g/mol. The lowest BCUT2D eigenvalue weighted by atomic mass is 9.81. The molecule has 1 amide bonds. The van der Waals surface area contributed by atoms with E-state index in [4.69, 9.17) is 0 Å². The SMILES string of the molecule is C[S+]([O-])CC(=O)NC(CCCC(C)(C)C)C(C)(C)C. The summed E-state index contributed by atoms with van der Waals surface area (Å²) in [7, 11) is 0. The second kappa shape index (κ2) is 7.53. The van der Waals surface area contributed by atoms with Crippen LogP contribution in [0.2, 0.25) is 0 Å². The highest BCUT2D eigenvalue weighted by Crippen LogP contribution is 2.27. The Morgan fingerprint density at radius 1 is 1.21 bits per heavy atom. The van der Waals surface area contributed by atoms with Crippen LogP contribution in [0.3, 0.4) is 0 Å². The Kier molecular flexibility index (Phi) is 7.45. The van der Waals surface area contributed by atoms with Gasteiger partial charge >= 0.3 is 0 Å². The monoisotopic (exact) mass is 289 g/mol. The summed E-state index contributed by atoms with van der Waals surface area (Å²) in [6, 6.07) is 0.144. The molecule has 2 unspecified atom stereocenters. The summed E-state index contributed by atoms with van der Waals surface area (Å²) >= 11 is -1.07. The maximum Gasteiger partial charge on any atom is 0.270 e. The summed E-state index contributed by atoms with van der Waals surface area (Å²) in [6.07, 6.45) is 4.78. The predicted molar refractivity (Wildman–Crippen MR) is 83.6 cm³/mol. The molecule has 0 radical (unpaired) electrons. The molecule has 0 fully saturated rings. The van der Waals surface area contributed by atoms with Crippen LogP contribution in [0.1, 0.15) is 60.8 Å². The first-order valence-corrected chi connectivity index (χ1v) is 8.74. The van der Waals surface area contributed by atoms with Crippen molar-refractivity contribution in [2.75, 3.05) is 12.0 Å². The van der Waals surface area contributed by atoms with Crippen LogP contribution in [0, 0.1) is 10.8 Å². The van der Waals surface area contributed by atoms with E-state index in [0.29, 0.717) is 5.41 Å². The zero-order valence-electron chi connectivity index (χ0n) is 13.6. The van der Waals surface area contributed by atoms with Gasteiger partial charge in [-0.05, 0) is 34.8 Å². The van der Waals surface area contributed by atoms with Gasteiger partial charge in [-0.15, -0.1) is 0 Å². The Bertz CT molecular complexity index is 277. The molecule has 0 aliphatic heterocycles. The van der Waals surface area contributed by atoms with Crippen molar-refractivity contribution in [2.24, 2.45) is 10.8 Å². The minimum Gasteiger partial charge on any atom is -0.616 e. The van der Waals surface area contributed by atoms with Crippen LogP contribution in [-0.2, 0) is 16.0 Å². The van der Waals surface area contributed by atoms with Gasteiger partial charge in [0.25, 0.3) is 5.91 Å². The summed E-state index contributed by atoms with van der Waals surface area (Å²) in [5.74, 6) is 0.00258. The quantitative estimate of drug-likeness (QED) is 0.764. The van der Waals surface area contributed by atoms with E-state index in [1.807, 2.05) is 0 Å². The first-order chi connectivity index (χ1) is 8.42. The maximum absolute atomic E-state index is 11.8. The van der Waals surface area contributed by atoms with Crippen LogP contribution in [0.25, 0.3) is 0 Å². The lowest BCUT2D eigenvalue weighted by molar-refractivity contribution is -0.120. The normalized spacial score (nSPS) is 16.0. The Hall–Kier alpha value is -0.220. The van der Waals surface area contributed by atoms with Gasteiger partial charge in [0.15, 0.2) is 5.75 Å². The number of amides is 1. The zero-order chi connectivity index (χ0) is 15.3. The molecule has 4 heteroatoms. The van der Waals surface area contributed by atoms with Crippen LogP contribution in [0.4, 0.5) is 0 Å². The van der Waals surface area contributed by atoms with Crippen molar-refractivity contribution >= 4 is 17.1 Å². The highest BCUT2D eigenvalue weighted by Gasteiger charge is 2.27. The molecule has 0 saturated carbocycles. The molecule has 2 atom stereocenters. The lowest BCUT2D eigenvalue weighted by Gasteiger charge is -2.32. The Labute approximate surface area is 122 Å². The average Bonchev–Trinajstić information content (AvgIpc) is 2.11. The standard InChI is InChI=1S/C15H31NO2S/c1-14(2,3)10-8-9-12(15(4,5)6)16-13(17)11-19(7)18/h12H,8-11H2,1-7H3,(H,16,17). The van der Waals surface area contributed by atoms with Gasteiger partial charge in [-0.2, -0.15) is 0 Å². The van der Waals surface area contributed by atoms with E-state index in [1.165, 1.54) is 0 Å². The molecule has 0 bridgehead atoms. The van der Waals surface area contributed by atoms with Crippen LogP contribution in [0.5, 0.6) is 0 Å². The van der Waals surface area contributed by atoms with Gasteiger partial charge in [0, 0.05) is 6.04 Å². The molecule has 0 saturated heterocycles. The van der Waals surface area contributed by atoms with Gasteiger partial charge in [0.2, 0.25) is 0 Å². The summed E-state index contributed by atoms with van der Waals surface area (Å²) in [5, 5.41) is 3.04. The number of hydrogen-bond acceptors (Lipinski definition) is 2. The number of carbonyl (C=O) groups excluding carboxylic acids is 1. The summed E-state index contributed by atoms with van der Waals surface area (Å²) < 4.78 is 11.1. The third-order valence-electron chi connectivity index (χ3n) is 3.13. The van der Waals surface area contributed by atoms with E-state index in [9.17, 15) is 9.35 Å². The topological polar surface area (TPSA) is 52.2 Å². The van der Waals surface area contributed by atoms with Crippen LogP contribution >= 0.6 is 0 Å². The lowest BCUT2D eigenvalue weighted by Crippen LogP contribution is -2.45. The molecule has 19 heavy (non-hydrogen) atoms. The molecule has 0 aliphatic rings. The smallest absolute Gasteiger partial charge is 0.270 e. The van der Waals surface area contributed by atoms with Crippen molar-refractivity contribution in [1.29, 1.82) is 0 Å². The summed E-state index contributed by atoms with van der Waals surface area (Å²) in [6.45, 7) is 13.1. The molecule has 0 rings (SSSR count). The van der Waals surface area contributed by atoms with Crippen molar-refractivity contribution in [1.82, 2.24) is 5.32 Å². The molecule has 1 N–H and O–H groups in total. The van der Waals surface area contributed by atoms with Crippen LogP contribution in [-0.4, -0.2) is 28.5 Å². The molecule has 0 aromatic heterocycles. The number of hydrogen-bond donors (Lipinski definition) is 1. The second-order valence-electron chi connectivity index (χ2n) is 7.66. The van der Waals surface area contributed by atoms with Gasteiger partial charge in [-0.1, -0.05) is 48.0 Å². The van der Waals surface area contributed by atoms with E-state index in [-0.39, 0.29) is 23.1 Å². The highest BCUT2D eigenvalue weighted by atomic mass is 32.2. The molecule has 0 heterocycles. The van der Waals surface area contributed by atoms with Crippen molar-refractivity contribution < 1.29 is 9.35 Å². The molecular formula is C15H31NO2S. The molecule has 114 valence electrons. The number of rotatable bonds is 6. The fraction of sp³-hybridized carbons (Fsp3) is 0.933. The largest absolute Gasteiger partial charge is 0.616 e. The molecule has 0 spiro atoms. The van der Waals surface area contributed by atoms with E-state index in [2.05, 4.69) is 46.9 Å². The van der Waals surface area contributed by atoms with E-state index >= 15 is 0 Å². The molecule has 0 aromatic rings. The van der Waals surface area contributed by atoms with Crippen molar-refractivity contribution in [3.05, 3.63) is 0 Å². The van der Waals surface area contributed by atoms with Gasteiger partial charge in [-0.25, -0.2) is 0 Å². The predicted octanol–water partition coefficient (Wildman–Crippen LogP) is 3.11. The first-order valence-electron chi connectivity index (χ1n) is 7.01. The molecule has 0 aromatic carbocycles. The summed E-state index contributed by atoms with van der Waals surface area (Å²) in [5.41, 5.74) is 0.361. The average molecular weight is 289 g/mol. The molecule has 0 aliphatic carbocycles. The van der Waals surface area contributed by atoms with E-state index in [0.717, 1.165) is 19.3 Å². The summed E-state index contributed by atoms with van der Waals surface area (Å²) in [4.78, 5) is 11.8. The van der Waals surface area contributed by atoms with E-state index < -0.39 is 11.2 Å². The van der Waals surface area contributed by atoms with Crippen molar-refractivity contribution in [3.8, 4) is 0 Å². The second-order valence-corrected chi connectivity index (χ2v) is 9.09. The van der Waals surface area contributed by atoms with Gasteiger partial charge < -0.3 is 9.87 Å². The zero-order valence-corrected chi connectivity index (χ0v) is 14.4.